The van der Waals surface area contributed by atoms with Gasteiger partial charge in [-0.15, -0.1) is 0 Å². The summed E-state index contributed by atoms with van der Waals surface area (Å²) in [5, 5.41) is 0. The van der Waals surface area contributed by atoms with E-state index >= 15 is 0 Å². The zero-order valence-electron chi connectivity index (χ0n) is 43.9. The van der Waals surface area contributed by atoms with Gasteiger partial charge >= 0.3 is 0 Å². The highest BCUT2D eigenvalue weighted by Gasteiger charge is 2.53. The van der Waals surface area contributed by atoms with Gasteiger partial charge in [-0.2, -0.15) is 0 Å². The van der Waals surface area contributed by atoms with E-state index in [1.54, 1.807) is 0 Å². The van der Waals surface area contributed by atoms with Crippen LogP contribution in [0.25, 0.3) is 55.6 Å². The van der Waals surface area contributed by atoms with Crippen molar-refractivity contribution in [3.63, 3.8) is 0 Å². The first kappa shape index (κ1) is 44.5. The summed E-state index contributed by atoms with van der Waals surface area (Å²) in [6.45, 7) is 18.9. The molecule has 1 saturated carbocycles. The van der Waals surface area contributed by atoms with Crippen LogP contribution in [-0.4, -0.2) is 0 Å². The van der Waals surface area contributed by atoms with Gasteiger partial charge in [0.15, 0.2) is 0 Å². The maximum absolute atomic E-state index is 2.64. The van der Waals surface area contributed by atoms with Gasteiger partial charge in [0, 0.05) is 27.8 Å². The largest absolute Gasteiger partial charge is 0.310 e. The Morgan fingerprint density at radius 1 is 0.342 bits per heavy atom. The number of fused-ring (bicyclic) bond motifs is 18. The van der Waals surface area contributed by atoms with Gasteiger partial charge < -0.3 is 4.90 Å². The molecule has 0 unspecified atom stereocenters. The third-order valence-corrected chi connectivity index (χ3v) is 18.4. The summed E-state index contributed by atoms with van der Waals surface area (Å²) in [5.74, 6) is 0. The number of nitrogens with zero attached hydrogens (tertiary/aromatic N) is 1. The van der Waals surface area contributed by atoms with Crippen LogP contribution in [-0.2, 0) is 27.1 Å². The van der Waals surface area contributed by atoms with Crippen molar-refractivity contribution in [2.75, 3.05) is 4.90 Å². The minimum atomic E-state index is -0.508. The quantitative estimate of drug-likeness (QED) is 0.170. The summed E-state index contributed by atoms with van der Waals surface area (Å²) in [5.41, 5.74) is 30.4. The van der Waals surface area contributed by atoms with E-state index in [1.807, 2.05) is 0 Å². The van der Waals surface area contributed by atoms with Crippen LogP contribution in [0.2, 0.25) is 0 Å². The summed E-state index contributed by atoms with van der Waals surface area (Å²) >= 11 is 0. The molecule has 0 amide bonds. The van der Waals surface area contributed by atoms with Gasteiger partial charge in [-0.05, 0) is 160 Å². The van der Waals surface area contributed by atoms with Crippen LogP contribution in [0.15, 0.2) is 188 Å². The highest BCUT2D eigenvalue weighted by molar-refractivity contribution is 5.99. The Hall–Kier alpha value is -7.22. The number of hydrogen-bond acceptors (Lipinski definition) is 1. The van der Waals surface area contributed by atoms with Gasteiger partial charge in [0.1, 0.15) is 0 Å². The fourth-order valence-corrected chi connectivity index (χ4v) is 14.9. The molecule has 0 aromatic heterocycles. The number of benzene rings is 9. The molecule has 0 heterocycles. The van der Waals surface area contributed by atoms with Gasteiger partial charge in [-0.25, -0.2) is 0 Å². The molecule has 0 atom stereocenters. The predicted octanol–water partition coefficient (Wildman–Crippen LogP) is 19.3. The van der Waals surface area contributed by atoms with Gasteiger partial charge in [0.05, 0.1) is 11.1 Å². The molecule has 14 rings (SSSR count). The van der Waals surface area contributed by atoms with E-state index in [0.717, 1.165) is 0 Å². The first-order valence-electron chi connectivity index (χ1n) is 27.1. The Kier molecular flexibility index (Phi) is 9.39. The van der Waals surface area contributed by atoms with E-state index in [0.29, 0.717) is 0 Å². The van der Waals surface area contributed by atoms with Gasteiger partial charge in [-0.3, -0.25) is 0 Å². The lowest BCUT2D eigenvalue weighted by Gasteiger charge is -2.37. The molecule has 0 radical (unpaired) electrons. The van der Waals surface area contributed by atoms with Crippen molar-refractivity contribution in [3.8, 4) is 55.6 Å². The van der Waals surface area contributed by atoms with E-state index in [2.05, 4.69) is 248 Å². The monoisotopic (exact) mass is 944 g/mol. The van der Waals surface area contributed by atoms with E-state index in [4.69, 9.17) is 0 Å². The highest BCUT2D eigenvalue weighted by atomic mass is 15.1. The van der Waals surface area contributed by atoms with Crippen LogP contribution >= 0.6 is 0 Å². The van der Waals surface area contributed by atoms with Crippen molar-refractivity contribution in [1.82, 2.24) is 0 Å². The second-order valence-corrected chi connectivity index (χ2v) is 24.7. The molecule has 0 aliphatic heterocycles. The lowest BCUT2D eigenvalue weighted by Crippen LogP contribution is -2.28. The standard InChI is InChI=1S/C72H65N/c1-68(2,3)45-31-37-62-57(41-45)58-42-46(69(4,5)6)32-38-63(58)72(62)61-29-16-12-22-50(61)53-36-34-48(44-65(53)72)73(47-33-35-52-49-21-11-15-28-60(49)71(64(52)43-47)39-18-9-19-40-71)66-30-17-13-24-54(66)56-26-20-25-55-51-23-10-14-27-59(51)70(7,8)67(55)56/h10-17,20-38,41-44H,9,18-19,39-40H2,1-8H3. The molecule has 9 aromatic carbocycles. The number of rotatable bonds is 4. The van der Waals surface area contributed by atoms with Crippen molar-refractivity contribution < 1.29 is 0 Å². The Balaban J connectivity index is 1.05. The number of para-hydroxylation sites is 1. The average Bonchev–Trinajstić information content (AvgIpc) is 4.06. The molecule has 358 valence electrons. The zero-order valence-corrected chi connectivity index (χ0v) is 43.9. The van der Waals surface area contributed by atoms with E-state index in [1.165, 1.54) is 160 Å². The van der Waals surface area contributed by atoms with Crippen molar-refractivity contribution in [3.05, 3.63) is 244 Å². The van der Waals surface area contributed by atoms with Crippen LogP contribution in [0.3, 0.4) is 0 Å². The van der Waals surface area contributed by atoms with Crippen LogP contribution in [0.4, 0.5) is 17.1 Å². The minimum absolute atomic E-state index is 0.00342. The molecule has 1 fully saturated rings. The first-order chi connectivity index (χ1) is 35.2. The predicted molar refractivity (Wildman–Crippen MR) is 307 cm³/mol. The fraction of sp³-hybridized carbons (Fsp3) is 0.250. The van der Waals surface area contributed by atoms with Crippen molar-refractivity contribution in [1.29, 1.82) is 0 Å². The van der Waals surface area contributed by atoms with Crippen LogP contribution in [0.1, 0.15) is 143 Å². The smallest absolute Gasteiger partial charge is 0.0726 e. The molecule has 5 aliphatic carbocycles. The molecule has 9 aromatic rings. The molecule has 2 spiro atoms. The Morgan fingerprint density at radius 2 is 0.781 bits per heavy atom. The van der Waals surface area contributed by atoms with Gasteiger partial charge in [0.25, 0.3) is 0 Å². The molecular formula is C72H65N. The second kappa shape index (κ2) is 15.4. The molecule has 1 heteroatoms. The van der Waals surface area contributed by atoms with Crippen molar-refractivity contribution in [2.24, 2.45) is 0 Å². The molecular weight excluding hydrogens is 879 g/mol. The fourth-order valence-electron chi connectivity index (χ4n) is 14.9. The molecule has 0 N–H and O–H groups in total. The summed E-state index contributed by atoms with van der Waals surface area (Å²) in [6.07, 6.45) is 6.20. The van der Waals surface area contributed by atoms with E-state index in [9.17, 15) is 0 Å². The normalized spacial score (nSPS) is 16.5. The summed E-state index contributed by atoms with van der Waals surface area (Å²) in [7, 11) is 0. The lowest BCUT2D eigenvalue weighted by atomic mass is 9.68. The number of hydrogen-bond donors (Lipinski definition) is 0. The summed E-state index contributed by atoms with van der Waals surface area (Å²) in [6, 6.07) is 73.9. The van der Waals surface area contributed by atoms with Crippen molar-refractivity contribution in [2.45, 2.75) is 115 Å². The molecule has 73 heavy (non-hydrogen) atoms. The lowest BCUT2D eigenvalue weighted by molar-refractivity contribution is 0.353. The Morgan fingerprint density at radius 3 is 1.38 bits per heavy atom. The molecule has 1 nitrogen and oxygen atoms in total. The Labute approximate surface area is 433 Å². The minimum Gasteiger partial charge on any atom is -0.310 e. The van der Waals surface area contributed by atoms with E-state index in [-0.39, 0.29) is 21.7 Å². The third-order valence-electron chi connectivity index (χ3n) is 18.4. The van der Waals surface area contributed by atoms with Crippen LogP contribution < -0.4 is 4.90 Å². The topological polar surface area (TPSA) is 3.24 Å². The van der Waals surface area contributed by atoms with Crippen molar-refractivity contribution >= 4 is 17.1 Å². The van der Waals surface area contributed by atoms with Crippen LogP contribution in [0, 0.1) is 0 Å². The first-order valence-corrected chi connectivity index (χ1v) is 27.1. The molecule has 0 bridgehead atoms. The SMILES string of the molecule is CC(C)(C)c1ccc2c(c1)-c1cc(C(C)(C)C)ccc1C21c2ccccc2-c2ccc(N(c3ccc4c(c3)C3(CCCCC3)c3ccccc3-4)c3ccccc3-c3cccc4c3C(C)(C)c3ccccc3-4)cc21. The molecule has 0 saturated heterocycles. The van der Waals surface area contributed by atoms with E-state index < -0.39 is 5.41 Å². The van der Waals surface area contributed by atoms with Gasteiger partial charge in [0.2, 0.25) is 0 Å². The zero-order chi connectivity index (χ0) is 49.8. The van der Waals surface area contributed by atoms with Crippen LogP contribution in [0.5, 0.6) is 0 Å². The maximum Gasteiger partial charge on any atom is 0.0726 e. The third kappa shape index (κ3) is 6.09. The average molecular weight is 944 g/mol. The summed E-state index contributed by atoms with van der Waals surface area (Å²) in [4.78, 5) is 2.64. The Bertz CT molecular complexity index is 3720. The second-order valence-electron chi connectivity index (χ2n) is 24.7. The van der Waals surface area contributed by atoms with Gasteiger partial charge in [-0.1, -0.05) is 232 Å². The number of anilines is 3. The maximum atomic E-state index is 2.64. The summed E-state index contributed by atoms with van der Waals surface area (Å²) < 4.78 is 0. The highest BCUT2D eigenvalue weighted by Crippen LogP contribution is 2.65. The molecule has 5 aliphatic rings.